The molecule has 1 atom stereocenters. The molecular formula is C21H28N2O2. The molecule has 0 spiro atoms. The van der Waals surface area contributed by atoms with Crippen LogP contribution in [0.4, 0.5) is 5.69 Å². The van der Waals surface area contributed by atoms with Gasteiger partial charge in [0.25, 0.3) is 0 Å². The van der Waals surface area contributed by atoms with Gasteiger partial charge in [0.15, 0.2) is 0 Å². The number of benzene rings is 2. The molecule has 0 aromatic heterocycles. The van der Waals surface area contributed by atoms with Gasteiger partial charge >= 0.3 is 0 Å². The summed E-state index contributed by atoms with van der Waals surface area (Å²) in [7, 11) is 1.70. The summed E-state index contributed by atoms with van der Waals surface area (Å²) in [6.45, 7) is 6.69. The molecule has 25 heavy (non-hydrogen) atoms. The second-order valence-corrected chi connectivity index (χ2v) is 6.60. The highest BCUT2D eigenvalue weighted by atomic mass is 16.5. The summed E-state index contributed by atoms with van der Waals surface area (Å²) in [5.74, 6) is 0.894. The van der Waals surface area contributed by atoms with E-state index in [-0.39, 0.29) is 0 Å². The topological polar surface area (TPSA) is 35.9 Å². The number of rotatable bonds is 6. The van der Waals surface area contributed by atoms with E-state index in [1.807, 2.05) is 12.1 Å². The SMILES string of the molecule is CCc1ccc([C@H](O)CN2CCN(c3cccc(OC)c3)CC2)cc1. The van der Waals surface area contributed by atoms with Gasteiger partial charge in [0, 0.05) is 44.5 Å². The maximum Gasteiger partial charge on any atom is 0.120 e. The van der Waals surface area contributed by atoms with Gasteiger partial charge in [-0.2, -0.15) is 0 Å². The lowest BCUT2D eigenvalue weighted by Crippen LogP contribution is -2.47. The summed E-state index contributed by atoms with van der Waals surface area (Å²) in [6, 6.07) is 16.5. The molecule has 4 heteroatoms. The average molecular weight is 340 g/mol. The van der Waals surface area contributed by atoms with Gasteiger partial charge in [-0.25, -0.2) is 0 Å². The van der Waals surface area contributed by atoms with Gasteiger partial charge in [0.1, 0.15) is 5.75 Å². The summed E-state index contributed by atoms with van der Waals surface area (Å²) >= 11 is 0. The summed E-state index contributed by atoms with van der Waals surface area (Å²) in [6.07, 6.45) is 0.608. The fraction of sp³-hybridized carbons (Fsp3) is 0.429. The smallest absolute Gasteiger partial charge is 0.120 e. The van der Waals surface area contributed by atoms with Gasteiger partial charge in [0.2, 0.25) is 0 Å². The fourth-order valence-electron chi connectivity index (χ4n) is 3.32. The molecule has 1 aliphatic rings. The van der Waals surface area contributed by atoms with Gasteiger partial charge in [0.05, 0.1) is 13.2 Å². The van der Waals surface area contributed by atoms with Crippen molar-refractivity contribution in [1.82, 2.24) is 4.90 Å². The Morgan fingerprint density at radius 2 is 1.76 bits per heavy atom. The molecule has 1 heterocycles. The zero-order chi connectivity index (χ0) is 17.6. The van der Waals surface area contributed by atoms with Gasteiger partial charge in [-0.1, -0.05) is 37.3 Å². The van der Waals surface area contributed by atoms with E-state index in [4.69, 9.17) is 4.74 Å². The molecule has 4 nitrogen and oxygen atoms in total. The Kier molecular flexibility index (Phi) is 5.95. The summed E-state index contributed by atoms with van der Waals surface area (Å²) in [4.78, 5) is 4.72. The molecule has 1 aliphatic heterocycles. The van der Waals surface area contributed by atoms with Crippen LogP contribution in [-0.4, -0.2) is 49.8 Å². The van der Waals surface area contributed by atoms with E-state index in [1.165, 1.54) is 11.3 Å². The average Bonchev–Trinajstić information content (AvgIpc) is 2.68. The highest BCUT2D eigenvalue weighted by Crippen LogP contribution is 2.23. The Hall–Kier alpha value is -2.04. The number of β-amino-alcohol motifs (C(OH)–C–C–N with tert-alkyl or cyclic N) is 1. The lowest BCUT2D eigenvalue weighted by Gasteiger charge is -2.37. The fourth-order valence-corrected chi connectivity index (χ4v) is 3.32. The van der Waals surface area contributed by atoms with Crippen LogP contribution in [0.1, 0.15) is 24.2 Å². The Bertz CT molecular complexity index is 664. The summed E-state index contributed by atoms with van der Waals surface area (Å²) < 4.78 is 5.31. The summed E-state index contributed by atoms with van der Waals surface area (Å²) in [5.41, 5.74) is 3.52. The maximum absolute atomic E-state index is 10.5. The molecule has 2 aromatic carbocycles. The van der Waals surface area contributed by atoms with Gasteiger partial charge in [-0.05, 0) is 29.7 Å². The minimum absolute atomic E-state index is 0.422. The lowest BCUT2D eigenvalue weighted by molar-refractivity contribution is 0.109. The highest BCUT2D eigenvalue weighted by molar-refractivity contribution is 5.51. The molecule has 134 valence electrons. The van der Waals surface area contributed by atoms with Gasteiger partial charge < -0.3 is 14.7 Å². The molecule has 0 radical (unpaired) electrons. The number of aliphatic hydroxyl groups excluding tert-OH is 1. The quantitative estimate of drug-likeness (QED) is 0.876. The van der Waals surface area contributed by atoms with E-state index in [0.717, 1.165) is 43.9 Å². The number of piperazine rings is 1. The molecule has 2 aromatic rings. The lowest BCUT2D eigenvalue weighted by atomic mass is 10.1. The van der Waals surface area contributed by atoms with Crippen LogP contribution in [0.15, 0.2) is 48.5 Å². The number of hydrogen-bond acceptors (Lipinski definition) is 4. The second-order valence-electron chi connectivity index (χ2n) is 6.60. The van der Waals surface area contributed by atoms with E-state index >= 15 is 0 Å². The first-order valence-electron chi connectivity index (χ1n) is 9.08. The van der Waals surface area contributed by atoms with Gasteiger partial charge in [-0.15, -0.1) is 0 Å². The van der Waals surface area contributed by atoms with E-state index in [2.05, 4.69) is 53.1 Å². The number of anilines is 1. The van der Waals surface area contributed by atoms with Crippen LogP contribution in [0.3, 0.4) is 0 Å². The summed E-state index contributed by atoms with van der Waals surface area (Å²) in [5, 5.41) is 10.5. The number of aliphatic hydroxyl groups is 1. The largest absolute Gasteiger partial charge is 0.497 e. The molecule has 0 saturated carbocycles. The number of hydrogen-bond donors (Lipinski definition) is 1. The zero-order valence-electron chi connectivity index (χ0n) is 15.2. The van der Waals surface area contributed by atoms with Crippen molar-refractivity contribution in [2.24, 2.45) is 0 Å². The van der Waals surface area contributed by atoms with E-state index in [1.54, 1.807) is 7.11 Å². The molecule has 0 unspecified atom stereocenters. The van der Waals surface area contributed by atoms with Crippen molar-refractivity contribution >= 4 is 5.69 Å². The molecule has 3 rings (SSSR count). The minimum atomic E-state index is -0.422. The van der Waals surface area contributed by atoms with Crippen LogP contribution in [0, 0.1) is 0 Å². The molecule has 1 fully saturated rings. The minimum Gasteiger partial charge on any atom is -0.497 e. The Balaban J connectivity index is 1.53. The normalized spacial score (nSPS) is 16.7. The third-order valence-electron chi connectivity index (χ3n) is 4.99. The molecular weight excluding hydrogens is 312 g/mol. The van der Waals surface area contributed by atoms with Crippen LogP contribution in [0.2, 0.25) is 0 Å². The monoisotopic (exact) mass is 340 g/mol. The van der Waals surface area contributed by atoms with Crippen LogP contribution >= 0.6 is 0 Å². The van der Waals surface area contributed by atoms with E-state index in [0.29, 0.717) is 6.54 Å². The predicted octanol–water partition coefficient (Wildman–Crippen LogP) is 3.11. The Labute approximate surface area is 150 Å². The number of nitrogens with zero attached hydrogens (tertiary/aromatic N) is 2. The third-order valence-corrected chi connectivity index (χ3v) is 4.99. The van der Waals surface area contributed by atoms with Crippen LogP contribution in [0.5, 0.6) is 5.75 Å². The van der Waals surface area contributed by atoms with Crippen molar-refractivity contribution in [2.45, 2.75) is 19.4 Å². The number of methoxy groups -OCH3 is 1. The van der Waals surface area contributed by atoms with Crippen LogP contribution in [0.25, 0.3) is 0 Å². The first kappa shape index (κ1) is 17.8. The second kappa shape index (κ2) is 8.37. The van der Waals surface area contributed by atoms with Crippen LogP contribution in [-0.2, 0) is 6.42 Å². The first-order valence-corrected chi connectivity index (χ1v) is 9.08. The Morgan fingerprint density at radius 3 is 2.40 bits per heavy atom. The predicted molar refractivity (Wildman–Crippen MR) is 102 cm³/mol. The van der Waals surface area contributed by atoms with Crippen molar-refractivity contribution in [3.8, 4) is 5.75 Å². The highest BCUT2D eigenvalue weighted by Gasteiger charge is 2.20. The molecule has 0 bridgehead atoms. The van der Waals surface area contributed by atoms with Crippen molar-refractivity contribution < 1.29 is 9.84 Å². The maximum atomic E-state index is 10.5. The van der Waals surface area contributed by atoms with Crippen molar-refractivity contribution in [1.29, 1.82) is 0 Å². The first-order chi connectivity index (χ1) is 12.2. The molecule has 0 amide bonds. The number of aryl methyl sites for hydroxylation is 1. The van der Waals surface area contributed by atoms with E-state index < -0.39 is 6.10 Å². The van der Waals surface area contributed by atoms with Crippen molar-refractivity contribution in [3.63, 3.8) is 0 Å². The van der Waals surface area contributed by atoms with E-state index in [9.17, 15) is 5.11 Å². The number of ether oxygens (including phenoxy) is 1. The molecule has 1 saturated heterocycles. The van der Waals surface area contributed by atoms with Crippen LogP contribution < -0.4 is 9.64 Å². The zero-order valence-corrected chi connectivity index (χ0v) is 15.2. The van der Waals surface area contributed by atoms with Gasteiger partial charge in [-0.3, -0.25) is 4.90 Å². The Morgan fingerprint density at radius 1 is 1.04 bits per heavy atom. The third kappa shape index (κ3) is 4.53. The molecule has 0 aliphatic carbocycles. The van der Waals surface area contributed by atoms with Crippen molar-refractivity contribution in [3.05, 3.63) is 59.7 Å². The molecule has 1 N–H and O–H groups in total. The van der Waals surface area contributed by atoms with Crippen molar-refractivity contribution in [2.75, 3.05) is 44.7 Å². The standard InChI is InChI=1S/C21H28N2O2/c1-3-17-7-9-18(10-8-17)21(24)16-22-11-13-23(14-12-22)19-5-4-6-20(15-19)25-2/h4-10,15,21,24H,3,11-14,16H2,1-2H3/t21-/m1/s1.